The van der Waals surface area contributed by atoms with Gasteiger partial charge >= 0.3 is 133 Å². The summed E-state index contributed by atoms with van der Waals surface area (Å²) in [6.07, 6.45) is 2.63. The second-order valence-corrected chi connectivity index (χ2v) is 16.7. The Morgan fingerprint density at radius 1 is 1.12 bits per heavy atom. The largest absolute Gasteiger partial charge is 0.522 e. The van der Waals surface area contributed by atoms with Crippen LogP contribution in [0.1, 0.15) is 48.9 Å². The van der Waals surface area contributed by atoms with E-state index in [4.69, 9.17) is 19.4 Å². The van der Waals surface area contributed by atoms with E-state index < -0.39 is 23.5 Å². The average Bonchev–Trinajstić information content (AvgIpc) is 3.22. The molecule has 0 atom stereocenters. The molecule has 1 heterocycles. The first-order valence-electron chi connectivity index (χ1n) is 11.1. The molecule has 9 heteroatoms. The van der Waals surface area contributed by atoms with Crippen molar-refractivity contribution in [1.82, 2.24) is 4.31 Å². The third kappa shape index (κ3) is 8.03. The monoisotopic (exact) mass is 616 g/mol. The Kier molecular flexibility index (Phi) is 11.0. The van der Waals surface area contributed by atoms with Crippen molar-refractivity contribution in [2.75, 3.05) is 25.5 Å². The summed E-state index contributed by atoms with van der Waals surface area (Å²) in [5, 5.41) is 0. The molecule has 2 aromatic carbocycles. The van der Waals surface area contributed by atoms with Crippen LogP contribution >= 0.6 is 19.4 Å². The number of halogens is 2. The van der Waals surface area contributed by atoms with Crippen LogP contribution in [0.5, 0.6) is 5.75 Å². The first-order chi connectivity index (χ1) is 15.8. The van der Waals surface area contributed by atoms with Crippen LogP contribution in [0.3, 0.4) is 0 Å². The number of nitrogens with zero attached hydrogens (tertiary/aromatic N) is 2. The van der Waals surface area contributed by atoms with Crippen molar-refractivity contribution in [1.29, 1.82) is 0 Å². The van der Waals surface area contributed by atoms with Crippen LogP contribution in [0.4, 0.5) is 5.69 Å². The van der Waals surface area contributed by atoms with Gasteiger partial charge in [-0.15, -0.1) is 0 Å². The average molecular weight is 617 g/mol. The Hall–Kier alpha value is -0.977. The number of aromatic hydroxyl groups is 1. The molecular weight excluding hydrogens is 580 g/mol. The summed E-state index contributed by atoms with van der Waals surface area (Å²) in [6, 6.07) is 9.35. The summed E-state index contributed by atoms with van der Waals surface area (Å²) in [7, 11) is 11.3. The van der Waals surface area contributed by atoms with Gasteiger partial charge in [-0.2, -0.15) is 6.42 Å². The van der Waals surface area contributed by atoms with Gasteiger partial charge in [0.05, 0.1) is 0 Å². The van der Waals surface area contributed by atoms with Gasteiger partial charge in [-0.05, 0) is 38.4 Å². The van der Waals surface area contributed by atoms with Crippen molar-refractivity contribution >= 4 is 39.7 Å². The fraction of sp³-hybridized carbons (Fsp3) is 0.440. The molecule has 1 fully saturated rings. The van der Waals surface area contributed by atoms with Crippen molar-refractivity contribution < 1.29 is 26.7 Å². The van der Waals surface area contributed by atoms with Crippen molar-refractivity contribution in [3.63, 3.8) is 0 Å². The summed E-state index contributed by atoms with van der Waals surface area (Å²) in [5.41, 5.74) is 6.27. The second kappa shape index (κ2) is 12.8. The van der Waals surface area contributed by atoms with E-state index in [-0.39, 0.29) is 11.0 Å². The van der Waals surface area contributed by atoms with Crippen LogP contribution < -0.4 is 4.90 Å². The fourth-order valence-electron chi connectivity index (χ4n) is 3.89. The molecule has 1 aliphatic heterocycles. The first-order valence-corrected chi connectivity index (χ1v) is 18.0. The number of rotatable bonds is 6. The maximum Gasteiger partial charge on any atom is 0.0130 e. The number of hydrogen-bond donors (Lipinski definition) is 0. The Morgan fingerprint density at radius 2 is 1.74 bits per heavy atom. The van der Waals surface area contributed by atoms with Crippen molar-refractivity contribution in [3.8, 4) is 5.75 Å². The van der Waals surface area contributed by atoms with Gasteiger partial charge in [-0.3, -0.25) is 0 Å². The molecule has 0 bridgehead atoms. The maximum absolute atomic E-state index is 12.1. The molecule has 1 aliphatic rings. The molecule has 0 amide bonds. The van der Waals surface area contributed by atoms with E-state index in [1.807, 2.05) is 13.8 Å². The predicted molar refractivity (Wildman–Crippen MR) is 143 cm³/mol. The number of ether oxygens (including phenoxy) is 1. The number of benzene rings is 2. The Morgan fingerprint density at radius 3 is 2.21 bits per heavy atom. The maximum atomic E-state index is 12.1. The summed E-state index contributed by atoms with van der Waals surface area (Å²) < 4.78 is 31.6. The van der Waals surface area contributed by atoms with E-state index in [2.05, 4.69) is 49.1 Å². The number of aryl methyl sites for hydroxylation is 3. The summed E-state index contributed by atoms with van der Waals surface area (Å²) in [4.78, 5) is 2.62. The van der Waals surface area contributed by atoms with Crippen LogP contribution in [0.25, 0.3) is 0 Å². The smallest absolute Gasteiger partial charge is 0.0130 e. The van der Waals surface area contributed by atoms with Crippen molar-refractivity contribution in [2.45, 2.75) is 58.5 Å². The van der Waals surface area contributed by atoms with E-state index in [1.54, 1.807) is 22.8 Å². The predicted octanol–water partition coefficient (Wildman–Crippen LogP) is 6.04. The zero-order valence-electron chi connectivity index (χ0n) is 20.9. The molecule has 3 rings (SSSR count). The Bertz CT molecular complexity index is 1100. The van der Waals surface area contributed by atoms with E-state index in [1.165, 1.54) is 60.2 Å². The Balaban J connectivity index is 0.000000254. The second-order valence-electron chi connectivity index (χ2n) is 8.80. The third-order valence-corrected chi connectivity index (χ3v) is 8.88. The topological polar surface area (TPSA) is 53.4 Å². The van der Waals surface area contributed by atoms with Crippen molar-refractivity contribution in [2.24, 2.45) is 0 Å². The number of aliphatic hydroxyl groups is 1. The van der Waals surface area contributed by atoms with Gasteiger partial charge in [-0.1, -0.05) is 24.1 Å². The molecule has 34 heavy (non-hydrogen) atoms. The Labute approximate surface area is 218 Å². The molecule has 2 aromatic rings. The van der Waals surface area contributed by atoms with Crippen LogP contribution in [0, 0.1) is 27.3 Å². The zero-order valence-corrected chi connectivity index (χ0v) is 25.0. The normalized spacial score (nSPS) is 14.2. The van der Waals surface area contributed by atoms with Crippen LogP contribution in [-0.4, -0.2) is 48.8 Å². The molecule has 5 nitrogen and oxygen atoms in total. The van der Waals surface area contributed by atoms with Gasteiger partial charge in [0.2, 0.25) is 0 Å². The summed E-state index contributed by atoms with van der Waals surface area (Å²) in [6.45, 7) is 14.0. The minimum Gasteiger partial charge on any atom is -0.522 e. The number of hydrogen-bond acceptors (Lipinski definition) is 3. The summed E-state index contributed by atoms with van der Waals surface area (Å²) >= 11 is -2.06. The van der Waals surface area contributed by atoms with E-state index in [0.29, 0.717) is 11.3 Å². The van der Waals surface area contributed by atoms with E-state index in [9.17, 15) is 8.42 Å². The minimum atomic E-state index is -3.48. The molecule has 0 radical (unpaired) electrons. The van der Waals surface area contributed by atoms with Gasteiger partial charge in [0, 0.05) is 5.69 Å². The van der Waals surface area contributed by atoms with Crippen LogP contribution in [-0.2, 0) is 23.5 Å². The van der Waals surface area contributed by atoms with Crippen LogP contribution in [0.15, 0.2) is 35.2 Å². The quantitative estimate of drug-likeness (QED) is 0.226. The molecular formula is C25H36Cl2N2O3RuS. The SMILES string of the molecule is CC(C)[OH+]c1ccc(S(=O)(=O)N(C)C)cc1[CH]=[Ru]([Cl])[Cl].Cc1cc(C)c(N2[CH-]CCC2)c(C)c1. The number of anilines is 1. The molecule has 0 aromatic heterocycles. The third-order valence-electron chi connectivity index (χ3n) is 5.24. The molecule has 192 valence electrons. The molecule has 0 saturated carbocycles. The van der Waals surface area contributed by atoms with Gasteiger partial charge in [0.25, 0.3) is 0 Å². The number of sulfonamides is 1. The van der Waals surface area contributed by atoms with Gasteiger partial charge in [0.1, 0.15) is 0 Å². The zero-order chi connectivity index (χ0) is 25.6. The molecule has 1 N–H and O–H groups in total. The van der Waals surface area contributed by atoms with Gasteiger partial charge < -0.3 is 4.90 Å². The van der Waals surface area contributed by atoms with Crippen LogP contribution in [0.2, 0.25) is 0 Å². The first kappa shape index (κ1) is 29.3. The van der Waals surface area contributed by atoms with Gasteiger partial charge in [0.15, 0.2) is 0 Å². The summed E-state index contributed by atoms with van der Waals surface area (Å²) in [5.74, 6) is 0.706. The standard InChI is InChI=1S/C13H18N.C12H17NO3S.2ClH.Ru/c1-10-8-11(2)13(12(3)9-10)14-6-4-5-7-14;1-9(2)16-12-7-6-11(8-10(12)3)17(14,15)13(4)5;;;/h6,8-9H,4-5,7H2,1-3H3;3,6-9H,1-2,4-5H3;2*1H;/q-1;;;;+2/p-1. The van der Waals surface area contributed by atoms with Crippen molar-refractivity contribution in [3.05, 3.63) is 59.1 Å². The van der Waals surface area contributed by atoms with Gasteiger partial charge in [-0.25, -0.2) is 6.54 Å². The minimum absolute atomic E-state index is 0.102. The molecule has 1 saturated heterocycles. The van der Waals surface area contributed by atoms with E-state index in [0.717, 1.165) is 0 Å². The fourth-order valence-corrected chi connectivity index (χ4v) is 6.62. The van der Waals surface area contributed by atoms with E-state index >= 15 is 0 Å². The molecule has 0 spiro atoms. The molecule has 0 aliphatic carbocycles. The molecule has 0 unspecified atom stereocenters.